The van der Waals surface area contributed by atoms with E-state index in [1.165, 1.54) is 12.0 Å². The number of furan rings is 1. The topological polar surface area (TPSA) is 44.5 Å². The fourth-order valence-corrected chi connectivity index (χ4v) is 7.49. The van der Waals surface area contributed by atoms with Crippen LogP contribution in [-0.4, -0.2) is 23.2 Å². The molecule has 0 saturated carbocycles. The van der Waals surface area contributed by atoms with Crippen molar-refractivity contribution in [2.24, 2.45) is 11.8 Å². The van der Waals surface area contributed by atoms with Crippen LogP contribution in [-0.2, 0) is 0 Å². The zero-order chi connectivity index (χ0) is 28.0. The molecule has 0 aliphatic carbocycles. The lowest BCUT2D eigenvalue weighted by molar-refractivity contribution is 0.357. The smallest absolute Gasteiger partial charge is 0.174 e. The molecule has 4 atom stereocenters. The third-order valence-electron chi connectivity index (χ3n) is 7.83. The minimum absolute atomic E-state index is 0.198. The average molecular weight is 636 g/mol. The van der Waals surface area contributed by atoms with E-state index in [4.69, 9.17) is 28.2 Å². The Morgan fingerprint density at radius 2 is 1.82 bits per heavy atom. The van der Waals surface area contributed by atoms with Crippen molar-refractivity contribution in [1.82, 2.24) is 10.3 Å². The molecule has 0 unspecified atom stereocenters. The number of aromatic nitrogens is 1. The zero-order valence-electron chi connectivity index (χ0n) is 22.8. The molecule has 2 fully saturated rings. The Morgan fingerprint density at radius 3 is 2.52 bits per heavy atom. The van der Waals surface area contributed by atoms with Crippen LogP contribution in [0.4, 0.5) is 11.4 Å². The summed E-state index contributed by atoms with van der Waals surface area (Å²) in [4.78, 5) is 9.19. The van der Waals surface area contributed by atoms with E-state index in [1.54, 1.807) is 0 Å². The summed E-state index contributed by atoms with van der Waals surface area (Å²) in [5.41, 5.74) is 5.07. The number of hydrogen-bond donors (Lipinski definition) is 1. The summed E-state index contributed by atoms with van der Waals surface area (Å²) in [6.45, 7) is 8.73. The van der Waals surface area contributed by atoms with Gasteiger partial charge in [-0.15, -0.1) is 0 Å². The van der Waals surface area contributed by atoms with Crippen LogP contribution in [0.15, 0.2) is 81.8 Å². The number of hydrogen-bond acceptors (Lipinski definition) is 4. The van der Waals surface area contributed by atoms with Crippen LogP contribution in [0.2, 0.25) is 5.02 Å². The van der Waals surface area contributed by atoms with E-state index in [-0.39, 0.29) is 12.1 Å². The Morgan fingerprint density at radius 1 is 1.02 bits per heavy atom. The van der Waals surface area contributed by atoms with E-state index >= 15 is 0 Å². The first-order chi connectivity index (χ1) is 19.3. The predicted octanol–water partition coefficient (Wildman–Crippen LogP) is 8.73. The summed E-state index contributed by atoms with van der Waals surface area (Å²) in [7, 11) is 0. The maximum Gasteiger partial charge on any atom is 0.174 e. The van der Waals surface area contributed by atoms with Gasteiger partial charge in [-0.1, -0.05) is 53.5 Å². The van der Waals surface area contributed by atoms with Crippen LogP contribution in [0.25, 0.3) is 11.3 Å². The van der Waals surface area contributed by atoms with Crippen molar-refractivity contribution in [2.75, 3.05) is 22.9 Å². The molecule has 40 heavy (non-hydrogen) atoms. The molecular weight excluding hydrogens is 604 g/mol. The number of pyridine rings is 1. The van der Waals surface area contributed by atoms with E-state index in [1.807, 2.05) is 42.6 Å². The lowest BCUT2D eigenvalue weighted by atomic mass is 9.91. The summed E-state index contributed by atoms with van der Waals surface area (Å²) in [6.07, 6.45) is 3.06. The number of halogens is 2. The summed E-state index contributed by atoms with van der Waals surface area (Å²) in [5, 5.41) is 4.85. The second-order valence-corrected chi connectivity index (χ2v) is 12.8. The highest BCUT2D eigenvalue weighted by Crippen LogP contribution is 2.45. The van der Waals surface area contributed by atoms with Gasteiger partial charge in [-0.2, -0.15) is 0 Å². The average Bonchev–Trinajstić information content (AvgIpc) is 3.53. The molecule has 0 spiro atoms. The Balaban J connectivity index is 1.39. The van der Waals surface area contributed by atoms with Crippen LogP contribution < -0.4 is 15.1 Å². The van der Waals surface area contributed by atoms with Crippen LogP contribution >= 0.6 is 39.7 Å². The Bertz CT molecular complexity index is 1530. The number of nitrogens with zero attached hydrogens (tertiary/aromatic N) is 3. The molecule has 2 aliphatic heterocycles. The van der Waals surface area contributed by atoms with Crippen molar-refractivity contribution in [3.8, 4) is 11.3 Å². The third-order valence-corrected chi connectivity index (χ3v) is 9.10. The number of anilines is 2. The van der Waals surface area contributed by atoms with Crippen molar-refractivity contribution < 1.29 is 4.42 Å². The summed E-state index contributed by atoms with van der Waals surface area (Å²) < 4.78 is 7.55. The number of rotatable bonds is 5. The molecule has 0 bridgehead atoms. The highest BCUT2D eigenvalue weighted by atomic mass is 79.9. The van der Waals surface area contributed by atoms with Crippen LogP contribution in [0, 0.1) is 18.8 Å². The van der Waals surface area contributed by atoms with Gasteiger partial charge in [0.25, 0.3) is 0 Å². The van der Waals surface area contributed by atoms with Crippen molar-refractivity contribution in [3.63, 3.8) is 0 Å². The fraction of sp³-hybridized carbons (Fsp3) is 0.312. The van der Waals surface area contributed by atoms with Gasteiger partial charge in [-0.25, -0.2) is 0 Å². The molecule has 8 heteroatoms. The van der Waals surface area contributed by atoms with Crippen molar-refractivity contribution in [1.29, 1.82) is 0 Å². The van der Waals surface area contributed by atoms with Gasteiger partial charge in [-0.3, -0.25) is 4.98 Å². The largest absolute Gasteiger partial charge is 0.459 e. The van der Waals surface area contributed by atoms with E-state index in [0.29, 0.717) is 16.9 Å². The molecule has 4 aromatic rings. The predicted molar refractivity (Wildman–Crippen MR) is 171 cm³/mol. The van der Waals surface area contributed by atoms with Gasteiger partial charge in [0.1, 0.15) is 17.6 Å². The van der Waals surface area contributed by atoms with Crippen molar-refractivity contribution in [2.45, 2.75) is 39.3 Å². The van der Waals surface area contributed by atoms with Gasteiger partial charge in [0, 0.05) is 35.0 Å². The Kier molecular flexibility index (Phi) is 7.64. The van der Waals surface area contributed by atoms with Gasteiger partial charge in [0.15, 0.2) is 5.11 Å². The first-order valence-corrected chi connectivity index (χ1v) is 15.3. The van der Waals surface area contributed by atoms with Gasteiger partial charge >= 0.3 is 0 Å². The SMILES string of the molecule is Cc1ccc(-c2ccc([C@H]3[C@@H](c4ccccn4)NC(=S)N3c3ccc(N4C[C@H](C)C[C@H](C)C4)c(Cl)c3)o2)c(Br)c1. The van der Waals surface area contributed by atoms with E-state index in [9.17, 15) is 0 Å². The number of aryl methyl sites for hydroxylation is 1. The van der Waals surface area contributed by atoms with E-state index in [2.05, 4.69) is 87.1 Å². The van der Waals surface area contributed by atoms with E-state index < -0.39 is 0 Å². The molecule has 0 radical (unpaired) electrons. The number of piperidine rings is 1. The number of nitrogens with one attached hydrogen (secondary N) is 1. The molecule has 6 rings (SSSR count). The van der Waals surface area contributed by atoms with Crippen LogP contribution in [0.5, 0.6) is 0 Å². The molecule has 2 aliphatic rings. The number of thiocarbonyl (C=S) groups is 1. The van der Waals surface area contributed by atoms with E-state index in [0.717, 1.165) is 56.7 Å². The van der Waals surface area contributed by atoms with Crippen LogP contribution in [0.3, 0.4) is 0 Å². The van der Waals surface area contributed by atoms with Gasteiger partial charge in [0.2, 0.25) is 0 Å². The van der Waals surface area contributed by atoms with Gasteiger partial charge in [-0.05, 0) is 97.6 Å². The molecule has 206 valence electrons. The fourth-order valence-electron chi connectivity index (χ4n) is 6.16. The normalized spacial score (nSPS) is 23.0. The second kappa shape index (κ2) is 11.2. The molecule has 2 aromatic carbocycles. The first kappa shape index (κ1) is 27.3. The highest BCUT2D eigenvalue weighted by Gasteiger charge is 2.43. The maximum atomic E-state index is 6.97. The van der Waals surface area contributed by atoms with Gasteiger partial charge in [0.05, 0.1) is 22.4 Å². The molecule has 2 saturated heterocycles. The minimum Gasteiger partial charge on any atom is -0.459 e. The first-order valence-electron chi connectivity index (χ1n) is 13.7. The summed E-state index contributed by atoms with van der Waals surface area (Å²) in [6, 6.07) is 22.1. The minimum atomic E-state index is -0.252. The summed E-state index contributed by atoms with van der Waals surface area (Å²) >= 11 is 16.6. The molecule has 2 aromatic heterocycles. The Hall–Kier alpha value is -2.87. The third kappa shape index (κ3) is 5.27. The zero-order valence-corrected chi connectivity index (χ0v) is 25.9. The second-order valence-electron chi connectivity index (χ2n) is 11.2. The highest BCUT2D eigenvalue weighted by molar-refractivity contribution is 9.10. The molecule has 4 heterocycles. The standard InChI is InChI=1S/C32H32BrClN4OS/c1-19-7-9-23(24(33)15-19)28-11-12-29(39-28)31-30(26-6-4-5-13-35-26)36-32(40)38(31)22-8-10-27(25(34)16-22)37-17-20(2)14-21(3)18-37/h4-13,15-16,20-21,30-31H,14,17-18H2,1-3H3,(H,36,40)/t20-,21+,30-,31+/m1/s1. The van der Waals surface area contributed by atoms with Crippen molar-refractivity contribution in [3.05, 3.63) is 99.4 Å². The Labute approximate surface area is 254 Å². The molecule has 0 amide bonds. The quantitative estimate of drug-likeness (QED) is 0.221. The monoisotopic (exact) mass is 634 g/mol. The lowest BCUT2D eigenvalue weighted by Gasteiger charge is -2.37. The molecule has 1 N–H and O–H groups in total. The maximum absolute atomic E-state index is 6.97. The molecular formula is C32H32BrClN4OS. The van der Waals surface area contributed by atoms with Gasteiger partial charge < -0.3 is 19.5 Å². The summed E-state index contributed by atoms with van der Waals surface area (Å²) in [5.74, 6) is 2.87. The molecule has 5 nitrogen and oxygen atoms in total. The number of benzene rings is 2. The van der Waals surface area contributed by atoms with Crippen LogP contribution in [0.1, 0.15) is 49.4 Å². The lowest BCUT2D eigenvalue weighted by Crippen LogP contribution is -2.38. The van der Waals surface area contributed by atoms with Crippen molar-refractivity contribution >= 4 is 56.2 Å².